The van der Waals surface area contributed by atoms with Crippen molar-refractivity contribution in [1.82, 2.24) is 0 Å². The average Bonchev–Trinajstić information content (AvgIpc) is 2.67. The zero-order valence-corrected chi connectivity index (χ0v) is 10.8. The number of rotatable bonds is 0. The highest BCUT2D eigenvalue weighted by Crippen LogP contribution is 2.12. The van der Waals surface area contributed by atoms with Crippen molar-refractivity contribution < 1.29 is 0 Å². The molecule has 2 aromatic rings. The average molecular weight is 240 g/mol. The van der Waals surface area contributed by atoms with E-state index >= 15 is 0 Å². The van der Waals surface area contributed by atoms with Crippen molar-refractivity contribution in [3.63, 3.8) is 0 Å². The molecule has 0 N–H and O–H groups in total. The van der Waals surface area contributed by atoms with Crippen molar-refractivity contribution in [1.29, 1.82) is 0 Å². The first-order valence-corrected chi connectivity index (χ1v) is 6.43. The second kappa shape index (κ2) is 6.81. The number of thiophene rings is 2. The van der Waals surface area contributed by atoms with E-state index in [1.54, 1.807) is 22.7 Å². The molecule has 0 amide bonds. The van der Waals surface area contributed by atoms with Gasteiger partial charge in [0.05, 0.1) is 0 Å². The SMILES string of the molecule is C.Cc1ccsc1C.Cc1cscc1C. The topological polar surface area (TPSA) is 0 Å². The van der Waals surface area contributed by atoms with Gasteiger partial charge in [-0.2, -0.15) is 11.3 Å². The van der Waals surface area contributed by atoms with Gasteiger partial charge in [0, 0.05) is 4.88 Å². The molecule has 0 aliphatic rings. The molecule has 0 aromatic carbocycles. The fourth-order valence-corrected chi connectivity index (χ4v) is 2.45. The Morgan fingerprint density at radius 3 is 1.53 bits per heavy atom. The van der Waals surface area contributed by atoms with Crippen LogP contribution in [0.1, 0.15) is 29.0 Å². The third-order valence-electron chi connectivity index (χ3n) is 2.23. The van der Waals surface area contributed by atoms with E-state index < -0.39 is 0 Å². The summed E-state index contributed by atoms with van der Waals surface area (Å²) in [5, 5.41) is 6.44. The maximum Gasteiger partial charge on any atom is 0.00433 e. The highest BCUT2D eigenvalue weighted by atomic mass is 32.1. The summed E-state index contributed by atoms with van der Waals surface area (Å²) in [6.45, 7) is 8.53. The lowest BCUT2D eigenvalue weighted by Crippen LogP contribution is -1.63. The van der Waals surface area contributed by atoms with E-state index in [0.29, 0.717) is 0 Å². The van der Waals surface area contributed by atoms with Crippen molar-refractivity contribution in [2.75, 3.05) is 0 Å². The molecule has 0 aliphatic heterocycles. The molecule has 2 heteroatoms. The predicted octanol–water partition coefficient (Wildman–Crippen LogP) is 5.37. The maximum atomic E-state index is 2.16. The van der Waals surface area contributed by atoms with E-state index in [1.807, 2.05) is 0 Å². The Kier molecular flexibility index (Phi) is 6.53. The molecule has 0 spiro atoms. The Hall–Kier alpha value is -0.600. The monoisotopic (exact) mass is 240 g/mol. The van der Waals surface area contributed by atoms with Crippen LogP contribution in [0.3, 0.4) is 0 Å². The Labute approximate surface area is 102 Å². The van der Waals surface area contributed by atoms with Gasteiger partial charge < -0.3 is 0 Å². The van der Waals surface area contributed by atoms with Crippen molar-refractivity contribution in [3.05, 3.63) is 43.8 Å². The third-order valence-corrected chi connectivity index (χ3v) is 4.16. The molecule has 15 heavy (non-hydrogen) atoms. The fraction of sp³-hybridized carbons (Fsp3) is 0.385. The molecule has 2 heterocycles. The van der Waals surface area contributed by atoms with E-state index in [0.717, 1.165) is 0 Å². The van der Waals surface area contributed by atoms with Crippen molar-refractivity contribution >= 4 is 22.7 Å². The normalized spacial score (nSPS) is 8.80. The van der Waals surface area contributed by atoms with Crippen LogP contribution in [0.2, 0.25) is 0 Å². The van der Waals surface area contributed by atoms with E-state index in [9.17, 15) is 0 Å². The van der Waals surface area contributed by atoms with Gasteiger partial charge in [0.1, 0.15) is 0 Å². The first kappa shape index (κ1) is 14.4. The Morgan fingerprint density at radius 2 is 1.40 bits per heavy atom. The van der Waals surface area contributed by atoms with Crippen LogP contribution >= 0.6 is 22.7 Å². The smallest absolute Gasteiger partial charge is 0.00433 e. The molecular formula is C13H20S2. The molecule has 0 atom stereocenters. The second-order valence-electron chi connectivity index (χ2n) is 3.40. The minimum absolute atomic E-state index is 0. The van der Waals surface area contributed by atoms with Gasteiger partial charge in [-0.15, -0.1) is 11.3 Å². The highest BCUT2D eigenvalue weighted by Gasteiger charge is 1.87. The molecule has 0 fully saturated rings. The summed E-state index contributed by atoms with van der Waals surface area (Å²) in [7, 11) is 0. The van der Waals surface area contributed by atoms with Crippen LogP contribution in [0.4, 0.5) is 0 Å². The molecule has 0 unspecified atom stereocenters. The van der Waals surface area contributed by atoms with Crippen LogP contribution in [-0.2, 0) is 0 Å². The molecule has 0 saturated heterocycles. The lowest BCUT2D eigenvalue weighted by molar-refractivity contribution is 1.41. The van der Waals surface area contributed by atoms with Gasteiger partial charge in [-0.05, 0) is 66.6 Å². The molecule has 0 aliphatic carbocycles. The van der Waals surface area contributed by atoms with Gasteiger partial charge in [-0.1, -0.05) is 7.43 Å². The standard InChI is InChI=1S/2C6H8S.CH4/c1-5-3-7-4-6(5)2;1-5-3-4-7-6(5)2;/h2*3-4H,1-2H3;1H4. The lowest BCUT2D eigenvalue weighted by atomic mass is 10.2. The fourth-order valence-electron chi connectivity index (χ4n) is 0.872. The van der Waals surface area contributed by atoms with Crippen LogP contribution in [-0.4, -0.2) is 0 Å². The van der Waals surface area contributed by atoms with Crippen molar-refractivity contribution in [2.24, 2.45) is 0 Å². The summed E-state index contributed by atoms with van der Waals surface area (Å²) >= 11 is 3.57. The first-order valence-electron chi connectivity index (χ1n) is 4.61. The molecule has 84 valence electrons. The minimum atomic E-state index is 0. The summed E-state index contributed by atoms with van der Waals surface area (Å²) in [5.74, 6) is 0. The molecule has 0 nitrogen and oxygen atoms in total. The minimum Gasteiger partial charge on any atom is -0.152 e. The van der Waals surface area contributed by atoms with Gasteiger partial charge >= 0.3 is 0 Å². The van der Waals surface area contributed by atoms with Crippen molar-refractivity contribution in [3.8, 4) is 0 Å². The molecule has 0 saturated carbocycles. The summed E-state index contributed by atoms with van der Waals surface area (Å²) in [6, 6.07) is 2.14. The van der Waals surface area contributed by atoms with E-state index in [-0.39, 0.29) is 7.43 Å². The maximum absolute atomic E-state index is 2.16. The highest BCUT2D eigenvalue weighted by molar-refractivity contribution is 7.10. The van der Waals surface area contributed by atoms with Gasteiger partial charge in [0.15, 0.2) is 0 Å². The molecule has 0 bridgehead atoms. The number of hydrogen-bond donors (Lipinski definition) is 0. The third kappa shape index (κ3) is 4.63. The number of hydrogen-bond acceptors (Lipinski definition) is 2. The van der Waals surface area contributed by atoms with Crippen LogP contribution in [0.5, 0.6) is 0 Å². The van der Waals surface area contributed by atoms with Crippen LogP contribution < -0.4 is 0 Å². The van der Waals surface area contributed by atoms with Gasteiger partial charge in [0.2, 0.25) is 0 Å². The Bertz CT molecular complexity index is 311. The van der Waals surface area contributed by atoms with Crippen LogP contribution in [0, 0.1) is 27.7 Å². The largest absolute Gasteiger partial charge is 0.152 e. The van der Waals surface area contributed by atoms with E-state index in [4.69, 9.17) is 0 Å². The predicted molar refractivity (Wildman–Crippen MR) is 74.3 cm³/mol. The van der Waals surface area contributed by atoms with Gasteiger partial charge in [0.25, 0.3) is 0 Å². The van der Waals surface area contributed by atoms with E-state index in [2.05, 4.69) is 49.9 Å². The van der Waals surface area contributed by atoms with Gasteiger partial charge in [-0.25, -0.2) is 0 Å². The zero-order chi connectivity index (χ0) is 10.6. The van der Waals surface area contributed by atoms with Gasteiger partial charge in [-0.3, -0.25) is 0 Å². The lowest BCUT2D eigenvalue weighted by Gasteiger charge is -1.79. The first-order chi connectivity index (χ1) is 6.61. The quantitative estimate of drug-likeness (QED) is 0.581. The van der Waals surface area contributed by atoms with Crippen LogP contribution in [0.25, 0.3) is 0 Å². The summed E-state index contributed by atoms with van der Waals surface area (Å²) in [6.07, 6.45) is 0. The molecule has 2 rings (SSSR count). The summed E-state index contributed by atoms with van der Waals surface area (Å²) in [5.41, 5.74) is 4.22. The summed E-state index contributed by atoms with van der Waals surface area (Å²) in [4.78, 5) is 1.43. The molecular weight excluding hydrogens is 220 g/mol. The molecule has 2 aromatic heterocycles. The summed E-state index contributed by atoms with van der Waals surface area (Å²) < 4.78 is 0. The van der Waals surface area contributed by atoms with E-state index in [1.165, 1.54) is 21.6 Å². The second-order valence-corrected chi connectivity index (χ2v) is 5.26. The Balaban J connectivity index is 0.000000245. The number of aryl methyl sites for hydroxylation is 4. The zero-order valence-electron chi connectivity index (χ0n) is 9.13. The van der Waals surface area contributed by atoms with Crippen molar-refractivity contribution in [2.45, 2.75) is 35.1 Å². The molecule has 0 radical (unpaired) electrons. The van der Waals surface area contributed by atoms with Crippen LogP contribution in [0.15, 0.2) is 22.2 Å². The Morgan fingerprint density at radius 1 is 0.867 bits per heavy atom.